The molecule has 2 nitrogen and oxygen atoms in total. The molecule has 0 radical (unpaired) electrons. The van der Waals surface area contributed by atoms with Gasteiger partial charge < -0.3 is 5.11 Å². The van der Waals surface area contributed by atoms with Crippen LogP contribution in [0.25, 0.3) is 0 Å². The van der Waals surface area contributed by atoms with E-state index in [0.29, 0.717) is 0 Å². The number of aliphatic carboxylic acids is 1. The van der Waals surface area contributed by atoms with Crippen LogP contribution in [0.2, 0.25) is 0 Å². The summed E-state index contributed by atoms with van der Waals surface area (Å²) >= 11 is 0. The minimum Gasteiger partial charge on any atom is -0.481 e. The van der Waals surface area contributed by atoms with Crippen LogP contribution in [0, 0.1) is 17.3 Å². The number of hydrogen-bond acceptors (Lipinski definition) is 1. The van der Waals surface area contributed by atoms with Crippen LogP contribution in [-0.4, -0.2) is 17.3 Å². The number of hydrogen-bond donors (Lipinski definition) is 1. The monoisotopic (exact) mass is 208 g/mol. The summed E-state index contributed by atoms with van der Waals surface area (Å²) in [5.41, 5.74) is -0.562. The van der Waals surface area contributed by atoms with E-state index in [1.807, 2.05) is 0 Å². The molecule has 0 aromatic carbocycles. The smallest absolute Gasteiger partial charge is 0.409 e. The average molecular weight is 208 g/mol. The fraction of sp³-hybridized carbons (Fsp3) is 0.667. The van der Waals surface area contributed by atoms with E-state index in [1.54, 1.807) is 13.8 Å². The van der Waals surface area contributed by atoms with E-state index in [2.05, 4.69) is 0 Å². The lowest BCUT2D eigenvalue weighted by atomic mass is 10.1. The molecular formula is C9H11F3O2. The summed E-state index contributed by atoms with van der Waals surface area (Å²) in [6, 6.07) is 0. The predicted octanol–water partition coefficient (Wildman–Crippen LogP) is 2.46. The van der Waals surface area contributed by atoms with Crippen LogP contribution in [0.5, 0.6) is 0 Å². The summed E-state index contributed by atoms with van der Waals surface area (Å²) in [6.45, 7) is 3.30. The molecule has 1 fully saturated rings. The third-order valence-corrected chi connectivity index (χ3v) is 2.67. The van der Waals surface area contributed by atoms with Gasteiger partial charge in [-0.25, -0.2) is 0 Å². The Labute approximate surface area is 79.4 Å². The zero-order valence-electron chi connectivity index (χ0n) is 7.80. The van der Waals surface area contributed by atoms with Gasteiger partial charge in [0, 0.05) is 6.08 Å². The Bertz CT molecular complexity index is 278. The number of rotatable bonds is 2. The highest BCUT2D eigenvalue weighted by Gasteiger charge is 2.60. The lowest BCUT2D eigenvalue weighted by Crippen LogP contribution is -2.03. The maximum atomic E-state index is 11.8. The fourth-order valence-corrected chi connectivity index (χ4v) is 1.72. The lowest BCUT2D eigenvalue weighted by Gasteiger charge is -1.98. The van der Waals surface area contributed by atoms with Crippen molar-refractivity contribution in [2.24, 2.45) is 17.3 Å². The van der Waals surface area contributed by atoms with Crippen molar-refractivity contribution in [1.82, 2.24) is 0 Å². The minimum absolute atomic E-state index is 0.113. The van der Waals surface area contributed by atoms with Gasteiger partial charge in [0.2, 0.25) is 0 Å². The Morgan fingerprint density at radius 2 is 1.93 bits per heavy atom. The van der Waals surface area contributed by atoms with E-state index >= 15 is 0 Å². The van der Waals surface area contributed by atoms with Crippen molar-refractivity contribution in [2.45, 2.75) is 20.0 Å². The van der Waals surface area contributed by atoms with Crippen LogP contribution in [0.4, 0.5) is 13.2 Å². The third-order valence-electron chi connectivity index (χ3n) is 2.67. The molecule has 1 aliphatic carbocycles. The molecule has 0 aromatic rings. The van der Waals surface area contributed by atoms with Gasteiger partial charge in [0.15, 0.2) is 0 Å². The summed E-state index contributed by atoms with van der Waals surface area (Å²) in [5.74, 6) is -2.24. The summed E-state index contributed by atoms with van der Waals surface area (Å²) in [7, 11) is 0. The Morgan fingerprint density at radius 3 is 2.21 bits per heavy atom. The fourth-order valence-electron chi connectivity index (χ4n) is 1.72. The maximum absolute atomic E-state index is 11.8. The SMILES string of the molecule is CC1(C)[C@H](/C=C/C(F)(F)F)[C@H]1C(=O)O. The molecule has 0 spiro atoms. The van der Waals surface area contributed by atoms with Crippen LogP contribution < -0.4 is 0 Å². The maximum Gasteiger partial charge on any atom is 0.409 e. The molecule has 5 heteroatoms. The molecule has 1 N–H and O–H groups in total. The number of carbonyl (C=O) groups is 1. The first-order valence-electron chi connectivity index (χ1n) is 4.15. The van der Waals surface area contributed by atoms with Crippen LogP contribution in [-0.2, 0) is 4.79 Å². The molecular weight excluding hydrogens is 197 g/mol. The van der Waals surface area contributed by atoms with E-state index in [1.165, 1.54) is 0 Å². The standard InChI is InChI=1S/C9H11F3O2/c1-8(2)5(6(8)7(13)14)3-4-9(10,11)12/h3-6H,1-2H3,(H,13,14)/b4-3+/t5-,6+/m1/s1. The number of allylic oxidation sites excluding steroid dienone is 2. The second-order valence-electron chi connectivity index (χ2n) is 4.06. The topological polar surface area (TPSA) is 37.3 Å². The van der Waals surface area contributed by atoms with Crippen molar-refractivity contribution >= 4 is 5.97 Å². The van der Waals surface area contributed by atoms with Crippen LogP contribution >= 0.6 is 0 Å². The van der Waals surface area contributed by atoms with E-state index in [4.69, 9.17) is 5.11 Å². The van der Waals surface area contributed by atoms with Crippen LogP contribution in [0.3, 0.4) is 0 Å². The minimum atomic E-state index is -4.36. The highest BCUT2D eigenvalue weighted by atomic mass is 19.4. The first-order valence-corrected chi connectivity index (χ1v) is 4.15. The highest BCUT2D eigenvalue weighted by molar-refractivity contribution is 5.76. The summed E-state index contributed by atoms with van der Waals surface area (Å²) in [6.07, 6.45) is -3.30. The van der Waals surface area contributed by atoms with Crippen molar-refractivity contribution in [1.29, 1.82) is 0 Å². The molecule has 0 bridgehead atoms. The van der Waals surface area contributed by atoms with Crippen LogP contribution in [0.15, 0.2) is 12.2 Å². The Balaban J connectivity index is 2.67. The molecule has 0 unspecified atom stereocenters. The van der Waals surface area contributed by atoms with Gasteiger partial charge in [0.25, 0.3) is 0 Å². The van der Waals surface area contributed by atoms with E-state index in [-0.39, 0.29) is 6.08 Å². The second kappa shape index (κ2) is 3.00. The van der Waals surface area contributed by atoms with Crippen molar-refractivity contribution in [2.75, 3.05) is 0 Å². The number of halogens is 3. The Hall–Kier alpha value is -1.00. The molecule has 2 atom stereocenters. The normalized spacial score (nSPS) is 30.6. The number of carboxylic acids is 1. The molecule has 0 saturated heterocycles. The molecule has 14 heavy (non-hydrogen) atoms. The molecule has 0 aromatic heterocycles. The van der Waals surface area contributed by atoms with Gasteiger partial charge in [0.05, 0.1) is 5.92 Å². The van der Waals surface area contributed by atoms with Gasteiger partial charge in [-0.15, -0.1) is 0 Å². The molecule has 80 valence electrons. The van der Waals surface area contributed by atoms with Crippen molar-refractivity contribution in [3.63, 3.8) is 0 Å². The van der Waals surface area contributed by atoms with Crippen molar-refractivity contribution < 1.29 is 23.1 Å². The van der Waals surface area contributed by atoms with Crippen molar-refractivity contribution in [3.8, 4) is 0 Å². The van der Waals surface area contributed by atoms with Gasteiger partial charge in [-0.1, -0.05) is 19.9 Å². The van der Waals surface area contributed by atoms with Gasteiger partial charge in [0.1, 0.15) is 0 Å². The predicted molar refractivity (Wildman–Crippen MR) is 43.6 cm³/mol. The van der Waals surface area contributed by atoms with Gasteiger partial charge in [-0.05, 0) is 11.3 Å². The largest absolute Gasteiger partial charge is 0.481 e. The van der Waals surface area contributed by atoms with E-state index < -0.39 is 29.4 Å². The number of alkyl halides is 3. The summed E-state index contributed by atoms with van der Waals surface area (Å²) < 4.78 is 35.4. The molecule has 0 amide bonds. The van der Waals surface area contributed by atoms with E-state index in [0.717, 1.165) is 6.08 Å². The molecule has 0 aliphatic heterocycles. The molecule has 1 saturated carbocycles. The van der Waals surface area contributed by atoms with Crippen LogP contribution in [0.1, 0.15) is 13.8 Å². The van der Waals surface area contributed by atoms with Gasteiger partial charge >= 0.3 is 12.1 Å². The third kappa shape index (κ3) is 2.08. The molecule has 1 aliphatic rings. The summed E-state index contributed by atoms with van der Waals surface area (Å²) in [4.78, 5) is 10.6. The average Bonchev–Trinajstić information content (AvgIpc) is 2.47. The second-order valence-corrected chi connectivity index (χ2v) is 4.06. The summed E-state index contributed by atoms with van der Waals surface area (Å²) in [5, 5.41) is 8.67. The van der Waals surface area contributed by atoms with Gasteiger partial charge in [-0.2, -0.15) is 13.2 Å². The Kier molecular flexibility index (Phi) is 2.37. The van der Waals surface area contributed by atoms with Gasteiger partial charge in [-0.3, -0.25) is 4.79 Å². The molecule has 1 rings (SSSR count). The first-order chi connectivity index (χ1) is 6.16. The number of carboxylic acid groups (broad SMARTS) is 1. The Morgan fingerprint density at radius 1 is 1.43 bits per heavy atom. The van der Waals surface area contributed by atoms with Crippen molar-refractivity contribution in [3.05, 3.63) is 12.2 Å². The zero-order valence-corrected chi connectivity index (χ0v) is 7.80. The van der Waals surface area contributed by atoms with E-state index in [9.17, 15) is 18.0 Å². The molecule has 0 heterocycles. The zero-order chi connectivity index (χ0) is 11.1. The quantitative estimate of drug-likeness (QED) is 0.708. The highest BCUT2D eigenvalue weighted by Crippen LogP contribution is 2.59. The lowest BCUT2D eigenvalue weighted by molar-refractivity contribution is -0.139. The first kappa shape index (κ1) is 11.1.